The Hall–Kier alpha value is -2.47. The van der Waals surface area contributed by atoms with E-state index in [1.165, 1.54) is 24.7 Å². The second-order valence-corrected chi connectivity index (χ2v) is 12.2. The van der Waals surface area contributed by atoms with E-state index < -0.39 is 60.9 Å². The number of aliphatic hydroxyl groups excluding tert-OH is 1. The van der Waals surface area contributed by atoms with Gasteiger partial charge in [-0.1, -0.05) is 38.5 Å². The highest BCUT2D eigenvalue weighted by molar-refractivity contribution is 7.51. The number of carbonyl (C=O) groups is 1. The van der Waals surface area contributed by atoms with Gasteiger partial charge < -0.3 is 19.5 Å². The van der Waals surface area contributed by atoms with E-state index in [1.807, 2.05) is 13.8 Å². The van der Waals surface area contributed by atoms with Crippen LogP contribution < -0.4 is 15.8 Å². The number of halogens is 1. The van der Waals surface area contributed by atoms with Crippen molar-refractivity contribution in [3.8, 4) is 5.75 Å². The zero-order valence-corrected chi connectivity index (χ0v) is 23.2. The number of aliphatic hydroxyl groups is 1. The Morgan fingerprint density at radius 2 is 1.95 bits per heavy atom. The molecule has 1 unspecified atom stereocenters. The molecule has 38 heavy (non-hydrogen) atoms. The number of aromatic nitrogens is 2. The van der Waals surface area contributed by atoms with Gasteiger partial charge in [0, 0.05) is 18.8 Å². The predicted molar refractivity (Wildman–Crippen MR) is 139 cm³/mol. The zero-order valence-electron chi connectivity index (χ0n) is 21.5. The molecular weight excluding hydrogens is 541 g/mol. The minimum atomic E-state index is -4.35. The van der Waals surface area contributed by atoms with E-state index in [0.29, 0.717) is 6.42 Å². The van der Waals surface area contributed by atoms with Crippen LogP contribution in [0.3, 0.4) is 0 Å². The maximum atomic E-state index is 14.3. The predicted octanol–water partition coefficient (Wildman–Crippen LogP) is 2.82. The molecule has 1 aromatic carbocycles. The number of hydrogen-bond acceptors (Lipinski definition) is 8. The number of carboxylic acids is 1. The van der Waals surface area contributed by atoms with Gasteiger partial charge in [0.05, 0.1) is 6.61 Å². The number of hydrogen-bond donors (Lipinski definition) is 3. The van der Waals surface area contributed by atoms with Crippen LogP contribution in [0.1, 0.15) is 40.3 Å². The molecule has 0 amide bonds. The summed E-state index contributed by atoms with van der Waals surface area (Å²) in [6.45, 7) is 6.20. The molecule has 12 nitrogen and oxygen atoms in total. The van der Waals surface area contributed by atoms with Gasteiger partial charge in [-0.15, -0.1) is 11.6 Å². The van der Waals surface area contributed by atoms with Gasteiger partial charge in [-0.2, -0.15) is 4.67 Å². The van der Waals surface area contributed by atoms with E-state index in [1.54, 1.807) is 30.3 Å². The van der Waals surface area contributed by atoms with Crippen molar-refractivity contribution in [2.75, 3.05) is 13.2 Å². The average molecular weight is 574 g/mol. The summed E-state index contributed by atoms with van der Waals surface area (Å²) in [6.07, 6.45) is -1.93. The Bertz CT molecular complexity index is 1270. The topological polar surface area (TPSA) is 160 Å². The van der Waals surface area contributed by atoms with Gasteiger partial charge in [0.1, 0.15) is 28.9 Å². The van der Waals surface area contributed by atoms with Crippen LogP contribution in [0.4, 0.5) is 0 Å². The fourth-order valence-corrected chi connectivity index (χ4v) is 6.27. The largest absolute Gasteiger partial charge is 0.480 e. The number of H-pyrrole nitrogens is 1. The fraction of sp³-hybridized carbons (Fsp3) is 0.542. The van der Waals surface area contributed by atoms with Crippen molar-refractivity contribution < 1.29 is 33.4 Å². The van der Waals surface area contributed by atoms with E-state index in [0.717, 1.165) is 10.6 Å². The Labute approximate surface area is 224 Å². The average Bonchev–Trinajstić information content (AvgIpc) is 3.09. The second-order valence-electron chi connectivity index (χ2n) is 9.46. The Balaban J connectivity index is 1.93. The lowest BCUT2D eigenvalue weighted by Crippen LogP contribution is -2.43. The minimum Gasteiger partial charge on any atom is -0.480 e. The summed E-state index contributed by atoms with van der Waals surface area (Å²) >= 11 is 6.58. The quantitative estimate of drug-likeness (QED) is 0.254. The number of aliphatic carboxylic acids is 1. The number of nitrogens with one attached hydrogen (secondary N) is 1. The van der Waals surface area contributed by atoms with Gasteiger partial charge in [0.2, 0.25) is 0 Å². The number of nitrogens with zero attached hydrogens (tertiary/aromatic N) is 2. The van der Waals surface area contributed by atoms with Crippen LogP contribution >= 0.6 is 19.3 Å². The zero-order chi connectivity index (χ0) is 28.3. The van der Waals surface area contributed by atoms with Crippen LogP contribution in [0.15, 0.2) is 52.2 Å². The first-order valence-corrected chi connectivity index (χ1v) is 14.0. The molecule has 0 spiro atoms. The molecule has 1 aromatic heterocycles. The molecule has 14 heteroatoms. The first-order valence-electron chi connectivity index (χ1n) is 12.1. The lowest BCUT2D eigenvalue weighted by Gasteiger charge is -2.34. The third-order valence-corrected chi connectivity index (χ3v) is 8.97. The van der Waals surface area contributed by atoms with Crippen LogP contribution in [-0.4, -0.2) is 66.7 Å². The molecule has 1 fully saturated rings. The molecule has 7 atom stereocenters. The molecule has 0 bridgehead atoms. The molecule has 3 rings (SSSR count). The van der Waals surface area contributed by atoms with Gasteiger partial charge in [-0.25, -0.2) is 9.36 Å². The van der Waals surface area contributed by atoms with Gasteiger partial charge in [0.25, 0.3) is 5.56 Å². The molecule has 3 N–H and O–H groups in total. The number of ether oxygens (including phenoxy) is 1. The van der Waals surface area contributed by atoms with Crippen molar-refractivity contribution in [1.29, 1.82) is 0 Å². The van der Waals surface area contributed by atoms with Crippen LogP contribution in [0.25, 0.3) is 0 Å². The Morgan fingerprint density at radius 3 is 2.53 bits per heavy atom. The SMILES string of the molecule is CCC(C)CN([C@@H](C)C(=O)O)[P@](=O)(OC[C@H]1O[C@@H](n2ccc(=O)[nH]c2=O)[C@](C)(Cl)[C@@H]1O)Oc1ccccc1. The monoisotopic (exact) mass is 573 g/mol. The number of alkyl halides is 1. The highest BCUT2D eigenvalue weighted by Crippen LogP contribution is 2.54. The molecule has 210 valence electrons. The van der Waals surface area contributed by atoms with Crippen molar-refractivity contribution in [2.45, 2.75) is 63.5 Å². The van der Waals surface area contributed by atoms with Crippen molar-refractivity contribution in [1.82, 2.24) is 14.2 Å². The van der Waals surface area contributed by atoms with Crippen LogP contribution in [0.5, 0.6) is 5.75 Å². The number of para-hydroxylation sites is 1. The van der Waals surface area contributed by atoms with Crippen molar-refractivity contribution in [2.24, 2.45) is 5.92 Å². The first kappa shape index (κ1) is 30.1. The summed E-state index contributed by atoms with van der Waals surface area (Å²) in [6, 6.07) is 8.03. The Kier molecular flexibility index (Phi) is 9.62. The summed E-state index contributed by atoms with van der Waals surface area (Å²) in [5, 5.41) is 20.7. The van der Waals surface area contributed by atoms with E-state index in [2.05, 4.69) is 4.98 Å². The third kappa shape index (κ3) is 6.56. The number of benzene rings is 1. The Morgan fingerprint density at radius 1 is 1.29 bits per heavy atom. The van der Waals surface area contributed by atoms with Gasteiger partial charge >= 0.3 is 19.4 Å². The molecule has 1 aliphatic heterocycles. The van der Waals surface area contributed by atoms with E-state index in [4.69, 9.17) is 25.4 Å². The molecule has 1 saturated heterocycles. The van der Waals surface area contributed by atoms with Crippen LogP contribution in [0.2, 0.25) is 0 Å². The number of aromatic amines is 1. The lowest BCUT2D eigenvalue weighted by atomic mass is 10.0. The molecule has 2 aromatic rings. The van der Waals surface area contributed by atoms with E-state index >= 15 is 0 Å². The van der Waals surface area contributed by atoms with Gasteiger partial charge in [-0.3, -0.25) is 23.7 Å². The van der Waals surface area contributed by atoms with Crippen molar-refractivity contribution in [3.63, 3.8) is 0 Å². The summed E-state index contributed by atoms with van der Waals surface area (Å²) in [5.41, 5.74) is -1.41. The second kappa shape index (κ2) is 12.1. The maximum Gasteiger partial charge on any atom is 0.462 e. The van der Waals surface area contributed by atoms with Crippen LogP contribution in [-0.2, 0) is 18.6 Å². The molecule has 1 aliphatic rings. The lowest BCUT2D eigenvalue weighted by molar-refractivity contribution is -0.141. The standard InChI is InChI=1S/C24H33ClN3O9P/c1-5-15(2)13-28(16(3)21(31)32)38(34,37-17-9-7-6-8-10-17)35-14-18-20(30)24(4,25)22(36-18)27-12-11-19(29)26-23(27)33/h6-12,15-16,18,20,22,30H,5,13-14H2,1-4H3,(H,31,32)(H,26,29,33)/t15?,16-,18+,20+,22+,24+,38-/m0/s1. The summed E-state index contributed by atoms with van der Waals surface area (Å²) in [5.74, 6) is -1.09. The summed E-state index contributed by atoms with van der Waals surface area (Å²) < 4.78 is 34.0. The summed E-state index contributed by atoms with van der Waals surface area (Å²) in [4.78, 5) is 36.3. The number of carboxylic acid groups (broad SMARTS) is 1. The van der Waals surface area contributed by atoms with Crippen molar-refractivity contribution in [3.05, 3.63) is 63.4 Å². The fourth-order valence-electron chi connectivity index (χ4n) is 3.94. The molecule has 0 aliphatic carbocycles. The van der Waals surface area contributed by atoms with Gasteiger partial charge in [-0.05, 0) is 31.9 Å². The van der Waals surface area contributed by atoms with Crippen molar-refractivity contribution >= 4 is 25.3 Å². The van der Waals surface area contributed by atoms with E-state index in [-0.39, 0.29) is 18.2 Å². The molecule has 2 heterocycles. The highest BCUT2D eigenvalue weighted by atomic mass is 35.5. The minimum absolute atomic E-state index is 0.0518. The smallest absolute Gasteiger partial charge is 0.462 e. The molecular formula is C24H33ClN3O9P. The third-order valence-electron chi connectivity index (χ3n) is 6.50. The van der Waals surface area contributed by atoms with Gasteiger partial charge in [0.15, 0.2) is 6.23 Å². The van der Waals surface area contributed by atoms with Crippen LogP contribution in [0, 0.1) is 5.92 Å². The molecule has 0 radical (unpaired) electrons. The summed E-state index contributed by atoms with van der Waals surface area (Å²) in [7, 11) is -4.35. The first-order chi connectivity index (χ1) is 17.8. The number of rotatable bonds is 12. The molecule has 0 saturated carbocycles. The maximum absolute atomic E-state index is 14.3. The normalized spacial score (nSPS) is 26.6. The highest BCUT2D eigenvalue weighted by Gasteiger charge is 2.54. The van der Waals surface area contributed by atoms with E-state index in [9.17, 15) is 29.2 Å².